The third-order valence-electron chi connectivity index (χ3n) is 3.27. The second kappa shape index (κ2) is 7.01. The minimum Gasteiger partial charge on any atom is -0.258 e. The molecule has 24 heavy (non-hydrogen) atoms. The van der Waals surface area contributed by atoms with E-state index in [1.165, 1.54) is 29.0 Å². The molecule has 3 aromatic rings. The van der Waals surface area contributed by atoms with E-state index in [2.05, 4.69) is 15.5 Å². The molecule has 0 bridgehead atoms. The van der Waals surface area contributed by atoms with Crippen molar-refractivity contribution >= 4 is 28.4 Å². The highest BCUT2D eigenvalue weighted by atomic mass is 32.1. The Bertz CT molecular complexity index is 905. The van der Waals surface area contributed by atoms with Crippen LogP contribution in [0.1, 0.15) is 11.1 Å². The average molecular weight is 338 g/mol. The highest BCUT2D eigenvalue weighted by Gasteiger charge is 2.09. The van der Waals surface area contributed by atoms with Crippen LogP contribution in [0.25, 0.3) is 11.3 Å². The van der Waals surface area contributed by atoms with Gasteiger partial charge in [0.05, 0.1) is 16.8 Å². The molecule has 0 amide bonds. The van der Waals surface area contributed by atoms with E-state index in [0.717, 1.165) is 5.56 Å². The lowest BCUT2D eigenvalue weighted by molar-refractivity contribution is -0.384. The van der Waals surface area contributed by atoms with Crippen LogP contribution in [-0.2, 0) is 0 Å². The van der Waals surface area contributed by atoms with Gasteiger partial charge in [0.25, 0.3) is 5.69 Å². The van der Waals surface area contributed by atoms with Crippen molar-refractivity contribution in [3.63, 3.8) is 0 Å². The first kappa shape index (κ1) is 15.8. The number of hydrazone groups is 1. The lowest BCUT2D eigenvalue weighted by Crippen LogP contribution is -1.91. The number of nitro benzene ring substituents is 1. The number of hydrogen-bond acceptors (Lipinski definition) is 6. The first-order chi connectivity index (χ1) is 11.6. The molecule has 120 valence electrons. The topological polar surface area (TPSA) is 80.4 Å². The molecule has 0 spiro atoms. The minimum absolute atomic E-state index is 0.0486. The molecular weight excluding hydrogens is 324 g/mol. The molecule has 0 saturated carbocycles. The van der Waals surface area contributed by atoms with Crippen LogP contribution in [-0.4, -0.2) is 16.1 Å². The van der Waals surface area contributed by atoms with Crippen molar-refractivity contribution in [1.82, 2.24) is 4.98 Å². The third kappa shape index (κ3) is 3.82. The van der Waals surface area contributed by atoms with Crippen LogP contribution in [0.3, 0.4) is 0 Å². The van der Waals surface area contributed by atoms with Gasteiger partial charge in [-0.25, -0.2) is 4.98 Å². The highest BCUT2D eigenvalue weighted by Crippen LogP contribution is 2.27. The number of nitrogens with zero attached hydrogens (tertiary/aromatic N) is 3. The minimum atomic E-state index is -0.416. The first-order valence-electron chi connectivity index (χ1n) is 7.18. The Morgan fingerprint density at radius 2 is 2.08 bits per heavy atom. The monoisotopic (exact) mass is 338 g/mol. The number of aryl methyl sites for hydroxylation is 1. The number of benzene rings is 2. The van der Waals surface area contributed by atoms with Crippen molar-refractivity contribution in [1.29, 1.82) is 0 Å². The summed E-state index contributed by atoms with van der Waals surface area (Å²) < 4.78 is 0. The maximum Gasteiger partial charge on any atom is 0.270 e. The fraction of sp³-hybridized carbons (Fsp3) is 0.0588. The molecule has 0 radical (unpaired) electrons. The summed E-state index contributed by atoms with van der Waals surface area (Å²) in [5.41, 5.74) is 6.48. The molecule has 0 aliphatic rings. The van der Waals surface area contributed by atoms with Crippen molar-refractivity contribution in [3.05, 3.63) is 75.2 Å². The largest absolute Gasteiger partial charge is 0.270 e. The maximum atomic E-state index is 10.8. The van der Waals surface area contributed by atoms with Crippen molar-refractivity contribution in [2.45, 2.75) is 6.92 Å². The Labute approximate surface area is 142 Å². The van der Waals surface area contributed by atoms with Gasteiger partial charge in [-0.05, 0) is 12.5 Å². The van der Waals surface area contributed by atoms with Crippen molar-refractivity contribution in [3.8, 4) is 11.3 Å². The predicted octanol–water partition coefficient (Wildman–Crippen LogP) is 4.47. The van der Waals surface area contributed by atoms with Crippen LogP contribution < -0.4 is 5.43 Å². The van der Waals surface area contributed by atoms with E-state index in [4.69, 9.17) is 0 Å². The number of nitrogens with one attached hydrogen (secondary N) is 1. The summed E-state index contributed by atoms with van der Waals surface area (Å²) in [6, 6.07) is 14.4. The number of nitro groups is 1. The Morgan fingerprint density at radius 1 is 1.25 bits per heavy atom. The van der Waals surface area contributed by atoms with E-state index in [1.54, 1.807) is 18.3 Å². The van der Waals surface area contributed by atoms with Gasteiger partial charge in [0.2, 0.25) is 5.13 Å². The Hall–Kier alpha value is -3.06. The van der Waals surface area contributed by atoms with Crippen LogP contribution >= 0.6 is 11.3 Å². The molecule has 0 saturated heterocycles. The second-order valence-corrected chi connectivity index (χ2v) is 5.99. The van der Waals surface area contributed by atoms with Gasteiger partial charge in [-0.2, -0.15) is 5.10 Å². The van der Waals surface area contributed by atoms with Gasteiger partial charge >= 0.3 is 0 Å². The molecule has 7 heteroatoms. The van der Waals surface area contributed by atoms with Gasteiger partial charge < -0.3 is 0 Å². The Morgan fingerprint density at radius 3 is 2.88 bits per heavy atom. The van der Waals surface area contributed by atoms with Crippen LogP contribution in [0.5, 0.6) is 0 Å². The van der Waals surface area contributed by atoms with E-state index in [-0.39, 0.29) is 5.69 Å². The van der Waals surface area contributed by atoms with Crippen LogP contribution in [0.2, 0.25) is 0 Å². The van der Waals surface area contributed by atoms with Gasteiger partial charge in [-0.1, -0.05) is 42.0 Å². The number of non-ortho nitro benzene ring substituents is 1. The molecule has 1 N–H and O–H groups in total. The fourth-order valence-corrected chi connectivity index (χ4v) is 2.82. The van der Waals surface area contributed by atoms with Crippen molar-refractivity contribution in [2.75, 3.05) is 5.43 Å². The van der Waals surface area contributed by atoms with E-state index in [9.17, 15) is 10.1 Å². The molecular formula is C17H14N4O2S. The number of hydrogen-bond donors (Lipinski definition) is 1. The maximum absolute atomic E-state index is 10.8. The SMILES string of the molecule is Cc1cccc(/C=N/Nc2nc(-c3cccc([N+](=O)[O-])c3)cs2)c1. The van der Waals surface area contributed by atoms with Crippen LogP contribution in [0.4, 0.5) is 10.8 Å². The molecule has 1 aromatic heterocycles. The smallest absolute Gasteiger partial charge is 0.258 e. The number of rotatable bonds is 5. The van der Waals surface area contributed by atoms with E-state index in [1.807, 2.05) is 36.6 Å². The molecule has 0 unspecified atom stereocenters. The number of anilines is 1. The number of aromatic nitrogens is 1. The van der Waals surface area contributed by atoms with Crippen LogP contribution in [0.15, 0.2) is 59.0 Å². The molecule has 0 aliphatic carbocycles. The van der Waals surface area contributed by atoms with Crippen molar-refractivity contribution < 1.29 is 4.92 Å². The van der Waals surface area contributed by atoms with Gasteiger partial charge in [0, 0.05) is 23.1 Å². The van der Waals surface area contributed by atoms with E-state index in [0.29, 0.717) is 16.4 Å². The zero-order valence-electron chi connectivity index (χ0n) is 12.8. The predicted molar refractivity (Wildman–Crippen MR) is 96.6 cm³/mol. The zero-order valence-corrected chi connectivity index (χ0v) is 13.7. The van der Waals surface area contributed by atoms with Crippen molar-refractivity contribution in [2.24, 2.45) is 5.10 Å². The number of thiazole rings is 1. The zero-order chi connectivity index (χ0) is 16.9. The molecule has 1 heterocycles. The summed E-state index contributed by atoms with van der Waals surface area (Å²) >= 11 is 1.39. The molecule has 0 fully saturated rings. The lowest BCUT2D eigenvalue weighted by atomic mass is 10.1. The second-order valence-electron chi connectivity index (χ2n) is 5.13. The average Bonchev–Trinajstić information content (AvgIpc) is 3.04. The Kier molecular flexibility index (Phi) is 4.62. The molecule has 2 aromatic carbocycles. The highest BCUT2D eigenvalue weighted by molar-refractivity contribution is 7.14. The van der Waals surface area contributed by atoms with Gasteiger partial charge in [-0.15, -0.1) is 11.3 Å². The third-order valence-corrected chi connectivity index (χ3v) is 4.02. The first-order valence-corrected chi connectivity index (χ1v) is 8.06. The van der Waals surface area contributed by atoms with Gasteiger partial charge in [0.15, 0.2) is 0 Å². The lowest BCUT2D eigenvalue weighted by Gasteiger charge is -1.97. The summed E-state index contributed by atoms with van der Waals surface area (Å²) in [6.07, 6.45) is 1.72. The summed E-state index contributed by atoms with van der Waals surface area (Å²) in [4.78, 5) is 14.8. The quantitative estimate of drug-likeness (QED) is 0.423. The summed E-state index contributed by atoms with van der Waals surface area (Å²) in [7, 11) is 0. The van der Waals surface area contributed by atoms with Crippen LogP contribution in [0, 0.1) is 17.0 Å². The normalized spacial score (nSPS) is 10.9. The van der Waals surface area contributed by atoms with E-state index >= 15 is 0 Å². The fourth-order valence-electron chi connectivity index (χ4n) is 2.15. The van der Waals surface area contributed by atoms with Gasteiger partial charge in [-0.3, -0.25) is 15.5 Å². The van der Waals surface area contributed by atoms with E-state index < -0.39 is 4.92 Å². The summed E-state index contributed by atoms with van der Waals surface area (Å²) in [5, 5.41) is 17.5. The Balaban J connectivity index is 1.72. The summed E-state index contributed by atoms with van der Waals surface area (Å²) in [6.45, 7) is 2.02. The molecule has 6 nitrogen and oxygen atoms in total. The summed E-state index contributed by atoms with van der Waals surface area (Å²) in [5.74, 6) is 0. The molecule has 3 rings (SSSR count). The van der Waals surface area contributed by atoms with Gasteiger partial charge in [0.1, 0.15) is 0 Å². The molecule has 0 aliphatic heterocycles. The molecule has 0 atom stereocenters. The standard InChI is InChI=1S/C17H14N4O2S/c1-12-4-2-5-13(8-12)10-18-20-17-19-16(11-24-17)14-6-3-7-15(9-14)21(22)23/h2-11H,1H3,(H,19,20)/b18-10+.